The van der Waals surface area contributed by atoms with Crippen LogP contribution in [0.5, 0.6) is 0 Å². The van der Waals surface area contributed by atoms with Crippen molar-refractivity contribution in [1.82, 2.24) is 14.5 Å². The minimum Gasteiger partial charge on any atom is -0.623 e. The Morgan fingerprint density at radius 2 is 2.62 bits per heavy atom. The van der Waals surface area contributed by atoms with Gasteiger partial charge in [-0.05, 0) is 33.9 Å². The molecule has 2 heterocycles. The second-order valence-corrected chi connectivity index (χ2v) is 6.48. The Hall–Kier alpha value is -0.240. The van der Waals surface area contributed by atoms with Crippen LogP contribution in [0.2, 0.25) is 0 Å². The number of rotatable bonds is 2. The highest BCUT2D eigenvalue weighted by atomic mass is 127. The molecule has 1 aromatic heterocycles. The van der Waals surface area contributed by atoms with E-state index in [1.165, 1.54) is 11.3 Å². The first-order valence-electron chi connectivity index (χ1n) is 4.61. The highest BCUT2D eigenvalue weighted by molar-refractivity contribution is 14.1. The van der Waals surface area contributed by atoms with Crippen molar-refractivity contribution < 1.29 is 5.11 Å². The van der Waals surface area contributed by atoms with Crippen LogP contribution in [0.4, 0.5) is 5.13 Å². The maximum absolute atomic E-state index is 12.5. The Kier molecular flexibility index (Phi) is 3.48. The molecule has 1 fully saturated rings. The van der Waals surface area contributed by atoms with Crippen molar-refractivity contribution in [1.29, 1.82) is 0 Å². The summed E-state index contributed by atoms with van der Waals surface area (Å²) in [5, 5.41) is 22.7. The van der Waals surface area contributed by atoms with Crippen LogP contribution < -0.4 is 4.65 Å². The maximum atomic E-state index is 12.5. The molecule has 0 aliphatic carbocycles. The molecule has 2 rings (SSSR count). The van der Waals surface area contributed by atoms with Crippen molar-refractivity contribution in [2.24, 2.45) is 0 Å². The van der Waals surface area contributed by atoms with Crippen molar-refractivity contribution >= 4 is 39.1 Å². The van der Waals surface area contributed by atoms with E-state index < -0.39 is 10.9 Å². The lowest BCUT2D eigenvalue weighted by Gasteiger charge is -2.37. The van der Waals surface area contributed by atoms with E-state index in [4.69, 9.17) is 6.42 Å². The third-order valence-electron chi connectivity index (χ3n) is 2.42. The van der Waals surface area contributed by atoms with Crippen LogP contribution in [0.25, 0.3) is 0 Å². The summed E-state index contributed by atoms with van der Waals surface area (Å²) >= 11 is 3.41. The van der Waals surface area contributed by atoms with Gasteiger partial charge in [-0.2, -0.15) is 4.98 Å². The van der Waals surface area contributed by atoms with Crippen molar-refractivity contribution in [2.75, 3.05) is 19.8 Å². The van der Waals surface area contributed by atoms with E-state index in [1.54, 1.807) is 11.1 Å². The SMILES string of the molecule is C#CCN1CC(O)[N+]([O-])(c2ncc(I)s2)C1. The normalized spacial score (nSPS) is 30.5. The summed E-state index contributed by atoms with van der Waals surface area (Å²) < 4.78 is 0.124. The van der Waals surface area contributed by atoms with Crippen LogP contribution >= 0.6 is 33.9 Å². The first kappa shape index (κ1) is 12.2. The van der Waals surface area contributed by atoms with Crippen LogP contribution in [0, 0.1) is 20.4 Å². The fraction of sp³-hybridized carbons (Fsp3) is 0.444. The van der Waals surface area contributed by atoms with Crippen LogP contribution in [0.15, 0.2) is 6.20 Å². The number of halogens is 1. The van der Waals surface area contributed by atoms with Gasteiger partial charge in [-0.1, -0.05) is 5.92 Å². The number of terminal acetylenes is 1. The van der Waals surface area contributed by atoms with E-state index in [0.29, 0.717) is 18.2 Å². The minimum atomic E-state index is -1.00. The highest BCUT2D eigenvalue weighted by Crippen LogP contribution is 2.33. The zero-order valence-corrected chi connectivity index (χ0v) is 11.3. The Morgan fingerprint density at radius 1 is 1.88 bits per heavy atom. The number of thiazole rings is 1. The molecule has 1 saturated heterocycles. The second-order valence-electron chi connectivity index (χ2n) is 3.58. The number of aromatic nitrogens is 1. The lowest BCUT2D eigenvalue weighted by Crippen LogP contribution is -2.48. The van der Waals surface area contributed by atoms with Crippen molar-refractivity contribution in [3.8, 4) is 12.3 Å². The Morgan fingerprint density at radius 3 is 3.19 bits per heavy atom. The summed E-state index contributed by atoms with van der Waals surface area (Å²) in [4.78, 5) is 5.80. The number of aliphatic hydroxyl groups is 1. The van der Waals surface area contributed by atoms with E-state index >= 15 is 0 Å². The number of β-amino-alcohol motifs (C(OH)–C–C–N with tert-alkyl or cyclic N) is 1. The van der Waals surface area contributed by atoms with Crippen molar-refractivity contribution in [2.45, 2.75) is 6.23 Å². The quantitative estimate of drug-likeness (QED) is 0.370. The van der Waals surface area contributed by atoms with E-state index in [0.717, 1.165) is 2.88 Å². The Labute approximate surface area is 111 Å². The molecule has 16 heavy (non-hydrogen) atoms. The van der Waals surface area contributed by atoms with Crippen LogP contribution in [0.1, 0.15) is 0 Å². The van der Waals surface area contributed by atoms with Gasteiger partial charge in [-0.3, -0.25) is 4.65 Å². The Bertz CT molecular complexity index is 433. The Balaban J connectivity index is 2.23. The van der Waals surface area contributed by atoms with Gasteiger partial charge >= 0.3 is 0 Å². The van der Waals surface area contributed by atoms with Crippen molar-refractivity contribution in [3.63, 3.8) is 0 Å². The van der Waals surface area contributed by atoms with Gasteiger partial charge in [0, 0.05) is 0 Å². The molecule has 1 aromatic rings. The summed E-state index contributed by atoms with van der Waals surface area (Å²) in [5.41, 5.74) is 0. The summed E-state index contributed by atoms with van der Waals surface area (Å²) in [6.45, 7) is 0.834. The number of quaternary nitrogens is 1. The molecule has 0 amide bonds. The third-order valence-corrected chi connectivity index (χ3v) is 4.25. The zero-order chi connectivity index (χ0) is 11.8. The number of hydrogen-bond donors (Lipinski definition) is 1. The third kappa shape index (κ3) is 2.09. The van der Waals surface area contributed by atoms with Crippen molar-refractivity contribution in [3.05, 3.63) is 14.3 Å². The molecule has 2 unspecified atom stereocenters. The lowest BCUT2D eigenvalue weighted by atomic mass is 10.5. The molecule has 0 saturated carbocycles. The topological polar surface area (TPSA) is 59.4 Å². The maximum Gasteiger partial charge on any atom is 0.290 e. The summed E-state index contributed by atoms with van der Waals surface area (Å²) in [7, 11) is 0. The fourth-order valence-electron chi connectivity index (χ4n) is 1.66. The van der Waals surface area contributed by atoms with Gasteiger partial charge in [-0.25, -0.2) is 4.90 Å². The summed E-state index contributed by atoms with van der Waals surface area (Å²) in [6, 6.07) is 0. The van der Waals surface area contributed by atoms with Crippen LogP contribution in [0.3, 0.4) is 0 Å². The molecular weight excluding hydrogens is 341 g/mol. The average molecular weight is 351 g/mol. The minimum absolute atomic E-state index is 0.162. The van der Waals surface area contributed by atoms with Crippen LogP contribution in [-0.2, 0) is 0 Å². The van der Waals surface area contributed by atoms with E-state index in [2.05, 4.69) is 33.5 Å². The molecule has 5 nitrogen and oxygen atoms in total. The largest absolute Gasteiger partial charge is 0.623 e. The molecule has 1 N–H and O–H groups in total. The van der Waals surface area contributed by atoms with E-state index in [9.17, 15) is 10.3 Å². The first-order chi connectivity index (χ1) is 7.56. The molecule has 0 bridgehead atoms. The number of hydroxylamine groups is 2. The molecule has 86 valence electrons. The fourth-order valence-corrected chi connectivity index (χ4v) is 3.11. The number of nitrogens with zero attached hydrogens (tertiary/aromatic N) is 3. The van der Waals surface area contributed by atoms with E-state index in [1.807, 2.05) is 0 Å². The van der Waals surface area contributed by atoms with Gasteiger partial charge in [0.05, 0.1) is 22.2 Å². The van der Waals surface area contributed by atoms with Gasteiger partial charge in [0.15, 0.2) is 0 Å². The zero-order valence-electron chi connectivity index (χ0n) is 8.34. The molecule has 0 radical (unpaired) electrons. The molecule has 1 aliphatic rings. The predicted octanol–water partition coefficient (Wildman–Crippen LogP) is 0.778. The second kappa shape index (κ2) is 4.56. The highest BCUT2D eigenvalue weighted by Gasteiger charge is 2.42. The van der Waals surface area contributed by atoms with Gasteiger partial charge in [-0.15, -0.1) is 6.42 Å². The molecule has 2 atom stereocenters. The summed E-state index contributed by atoms with van der Waals surface area (Å²) in [5.74, 6) is 2.47. The standard InChI is InChI=1S/C9H10IN3O2S/c1-2-3-12-5-8(14)13(15,6-12)9-11-4-7(10)16-9/h1,4,8,14H,3,5-6H2. The number of hydrogen-bond acceptors (Lipinski definition) is 5. The van der Waals surface area contributed by atoms with Crippen LogP contribution in [-0.4, -0.2) is 41.0 Å². The van der Waals surface area contributed by atoms with Gasteiger partial charge < -0.3 is 10.3 Å². The monoisotopic (exact) mass is 351 g/mol. The first-order valence-corrected chi connectivity index (χ1v) is 6.50. The van der Waals surface area contributed by atoms with E-state index in [-0.39, 0.29) is 6.67 Å². The lowest BCUT2D eigenvalue weighted by molar-refractivity contribution is 0.0847. The predicted molar refractivity (Wildman–Crippen MR) is 71.3 cm³/mol. The van der Waals surface area contributed by atoms with Gasteiger partial charge in [0.25, 0.3) is 5.13 Å². The number of aliphatic hydroxyl groups excluding tert-OH is 1. The smallest absolute Gasteiger partial charge is 0.290 e. The van der Waals surface area contributed by atoms with Gasteiger partial charge in [0.2, 0.25) is 6.23 Å². The molecule has 1 aliphatic heterocycles. The molecule has 7 heteroatoms. The molecule has 0 aromatic carbocycles. The van der Waals surface area contributed by atoms with Gasteiger partial charge in [0.1, 0.15) is 6.67 Å². The summed E-state index contributed by atoms with van der Waals surface area (Å²) in [6.07, 6.45) is 5.82. The molecule has 0 spiro atoms. The molecular formula is C9H10IN3O2S. The average Bonchev–Trinajstić information content (AvgIpc) is 2.75.